The maximum absolute atomic E-state index is 5.93. The van der Waals surface area contributed by atoms with E-state index >= 15 is 0 Å². The molecule has 0 saturated carbocycles. The Morgan fingerprint density at radius 2 is 2.00 bits per heavy atom. The van der Waals surface area contributed by atoms with Crippen molar-refractivity contribution in [3.63, 3.8) is 0 Å². The lowest BCUT2D eigenvalue weighted by Gasteiger charge is -2.07. The molecule has 0 amide bonds. The topological polar surface area (TPSA) is 35.2 Å². The standard InChI is InChI=1S/C10H13NO/c1-12-10-6-9(11)7-4-2-3-5-8(7)10/h2-5,9-10H,6,11H2,1H3/t9-,10-/m1/s1. The lowest BCUT2D eigenvalue weighted by molar-refractivity contribution is 0.101. The third-order valence-corrected chi connectivity index (χ3v) is 2.49. The predicted molar refractivity (Wildman–Crippen MR) is 47.7 cm³/mol. The summed E-state index contributed by atoms with van der Waals surface area (Å²) in [5, 5.41) is 0. The molecule has 0 spiro atoms. The van der Waals surface area contributed by atoms with Gasteiger partial charge in [-0.1, -0.05) is 24.3 Å². The molecule has 2 rings (SSSR count). The van der Waals surface area contributed by atoms with Crippen molar-refractivity contribution >= 4 is 0 Å². The second-order valence-corrected chi connectivity index (χ2v) is 3.20. The number of nitrogens with two attached hydrogens (primary N) is 1. The van der Waals surface area contributed by atoms with Crippen molar-refractivity contribution in [3.05, 3.63) is 35.4 Å². The summed E-state index contributed by atoms with van der Waals surface area (Å²) in [4.78, 5) is 0. The Bertz CT molecular complexity index is 285. The van der Waals surface area contributed by atoms with Crippen LogP contribution in [0.4, 0.5) is 0 Å². The van der Waals surface area contributed by atoms with E-state index in [0.29, 0.717) is 0 Å². The van der Waals surface area contributed by atoms with Crippen LogP contribution < -0.4 is 5.73 Å². The fourth-order valence-corrected chi connectivity index (χ4v) is 1.85. The second-order valence-electron chi connectivity index (χ2n) is 3.20. The van der Waals surface area contributed by atoms with E-state index < -0.39 is 0 Å². The molecule has 0 aromatic heterocycles. The molecular weight excluding hydrogens is 150 g/mol. The zero-order valence-corrected chi connectivity index (χ0v) is 7.16. The maximum atomic E-state index is 5.93. The Labute approximate surface area is 72.3 Å². The van der Waals surface area contributed by atoms with Gasteiger partial charge in [-0.25, -0.2) is 0 Å². The van der Waals surface area contributed by atoms with Crippen LogP contribution in [0.3, 0.4) is 0 Å². The van der Waals surface area contributed by atoms with Gasteiger partial charge in [0.05, 0.1) is 6.10 Å². The third kappa shape index (κ3) is 1.04. The Hall–Kier alpha value is -0.860. The number of hydrogen-bond donors (Lipinski definition) is 1. The third-order valence-electron chi connectivity index (χ3n) is 2.49. The van der Waals surface area contributed by atoms with E-state index in [9.17, 15) is 0 Å². The SMILES string of the molecule is CO[C@@H]1C[C@@H](N)c2ccccc21. The highest BCUT2D eigenvalue weighted by molar-refractivity contribution is 5.36. The normalized spacial score (nSPS) is 27.2. The molecule has 1 aliphatic rings. The maximum Gasteiger partial charge on any atom is 0.0842 e. The smallest absolute Gasteiger partial charge is 0.0842 e. The van der Waals surface area contributed by atoms with Crippen LogP contribution in [-0.4, -0.2) is 7.11 Å². The van der Waals surface area contributed by atoms with Crippen molar-refractivity contribution in [1.29, 1.82) is 0 Å². The molecule has 0 radical (unpaired) electrons. The highest BCUT2D eigenvalue weighted by Gasteiger charge is 2.27. The van der Waals surface area contributed by atoms with Crippen LogP contribution in [0.5, 0.6) is 0 Å². The van der Waals surface area contributed by atoms with Crippen LogP contribution >= 0.6 is 0 Å². The van der Waals surface area contributed by atoms with E-state index in [4.69, 9.17) is 10.5 Å². The van der Waals surface area contributed by atoms with Gasteiger partial charge in [-0.05, 0) is 17.5 Å². The van der Waals surface area contributed by atoms with Crippen molar-refractivity contribution in [3.8, 4) is 0 Å². The summed E-state index contributed by atoms with van der Waals surface area (Å²) in [6, 6.07) is 8.39. The van der Waals surface area contributed by atoms with E-state index in [0.717, 1.165) is 6.42 Å². The zero-order chi connectivity index (χ0) is 8.55. The summed E-state index contributed by atoms with van der Waals surface area (Å²) in [6.07, 6.45) is 1.12. The Morgan fingerprint density at radius 1 is 1.33 bits per heavy atom. The summed E-state index contributed by atoms with van der Waals surface area (Å²) >= 11 is 0. The number of rotatable bonds is 1. The van der Waals surface area contributed by atoms with E-state index in [1.54, 1.807) is 7.11 Å². The fraction of sp³-hybridized carbons (Fsp3) is 0.400. The average molecular weight is 163 g/mol. The highest BCUT2D eigenvalue weighted by Crippen LogP contribution is 2.38. The number of benzene rings is 1. The quantitative estimate of drug-likeness (QED) is 0.684. The number of methoxy groups -OCH3 is 1. The van der Waals surface area contributed by atoms with Gasteiger partial charge in [-0.2, -0.15) is 0 Å². The van der Waals surface area contributed by atoms with Crippen LogP contribution in [0.25, 0.3) is 0 Å². The van der Waals surface area contributed by atoms with E-state index in [1.165, 1.54) is 11.1 Å². The summed E-state index contributed by atoms with van der Waals surface area (Å²) in [7, 11) is 1.74. The van der Waals surface area contributed by atoms with Crippen molar-refractivity contribution in [2.24, 2.45) is 5.73 Å². The van der Waals surface area contributed by atoms with Crippen molar-refractivity contribution < 1.29 is 4.74 Å². The molecule has 1 aliphatic carbocycles. The van der Waals surface area contributed by atoms with Crippen LogP contribution in [-0.2, 0) is 4.74 Å². The fourth-order valence-electron chi connectivity index (χ4n) is 1.85. The number of hydrogen-bond acceptors (Lipinski definition) is 2. The van der Waals surface area contributed by atoms with Crippen molar-refractivity contribution in [2.75, 3.05) is 7.11 Å². The van der Waals surface area contributed by atoms with Crippen LogP contribution in [0.2, 0.25) is 0 Å². The van der Waals surface area contributed by atoms with Gasteiger partial charge < -0.3 is 10.5 Å². The molecule has 2 nitrogen and oxygen atoms in total. The predicted octanol–water partition coefficient (Wildman–Crippen LogP) is 1.78. The lowest BCUT2D eigenvalue weighted by atomic mass is 10.1. The minimum absolute atomic E-state index is 0.158. The van der Waals surface area contributed by atoms with Crippen LogP contribution in [0, 0.1) is 0 Å². The zero-order valence-electron chi connectivity index (χ0n) is 7.16. The Kier molecular flexibility index (Phi) is 1.87. The highest BCUT2D eigenvalue weighted by atomic mass is 16.5. The van der Waals surface area contributed by atoms with Gasteiger partial charge in [-0.15, -0.1) is 0 Å². The van der Waals surface area contributed by atoms with E-state index in [1.807, 2.05) is 12.1 Å². The molecule has 0 heterocycles. The molecule has 2 N–H and O–H groups in total. The van der Waals surface area contributed by atoms with Gasteiger partial charge in [0.2, 0.25) is 0 Å². The molecule has 2 atom stereocenters. The lowest BCUT2D eigenvalue weighted by Crippen LogP contribution is -2.05. The summed E-state index contributed by atoms with van der Waals surface area (Å²) in [6.45, 7) is 0. The van der Waals surface area contributed by atoms with Gasteiger partial charge in [-0.3, -0.25) is 0 Å². The number of ether oxygens (including phenoxy) is 1. The molecule has 0 saturated heterocycles. The van der Waals surface area contributed by atoms with Gasteiger partial charge in [0.1, 0.15) is 0 Å². The Morgan fingerprint density at radius 3 is 2.67 bits per heavy atom. The summed E-state index contributed by atoms with van der Waals surface area (Å²) in [5.41, 5.74) is 8.43. The molecule has 0 aliphatic heterocycles. The molecule has 64 valence electrons. The first-order valence-electron chi connectivity index (χ1n) is 4.20. The average Bonchev–Trinajstić information content (AvgIpc) is 2.44. The minimum atomic E-state index is 0.158. The molecule has 0 unspecified atom stereocenters. The first-order chi connectivity index (χ1) is 5.83. The molecular formula is C10H13NO. The second kappa shape index (κ2) is 2.88. The molecule has 0 bridgehead atoms. The molecule has 12 heavy (non-hydrogen) atoms. The van der Waals surface area contributed by atoms with Crippen LogP contribution in [0.1, 0.15) is 29.7 Å². The largest absolute Gasteiger partial charge is 0.377 e. The first kappa shape index (κ1) is 7.77. The summed E-state index contributed by atoms with van der Waals surface area (Å²) < 4.78 is 5.33. The number of fused-ring (bicyclic) bond motifs is 1. The van der Waals surface area contributed by atoms with Crippen LogP contribution in [0.15, 0.2) is 24.3 Å². The van der Waals surface area contributed by atoms with E-state index in [-0.39, 0.29) is 12.1 Å². The molecule has 1 aromatic rings. The monoisotopic (exact) mass is 163 g/mol. The molecule has 1 aromatic carbocycles. The van der Waals surface area contributed by atoms with Gasteiger partial charge >= 0.3 is 0 Å². The van der Waals surface area contributed by atoms with Gasteiger partial charge in [0.15, 0.2) is 0 Å². The van der Waals surface area contributed by atoms with Gasteiger partial charge in [0, 0.05) is 13.2 Å². The summed E-state index contributed by atoms with van der Waals surface area (Å²) in [5.74, 6) is 0. The molecule has 2 heteroatoms. The van der Waals surface area contributed by atoms with E-state index in [2.05, 4.69) is 12.1 Å². The first-order valence-corrected chi connectivity index (χ1v) is 4.20. The Balaban J connectivity index is 2.43. The van der Waals surface area contributed by atoms with Crippen molar-refractivity contribution in [1.82, 2.24) is 0 Å². The minimum Gasteiger partial charge on any atom is -0.377 e. The van der Waals surface area contributed by atoms with Gasteiger partial charge in [0.25, 0.3) is 0 Å². The van der Waals surface area contributed by atoms with Crippen molar-refractivity contribution in [2.45, 2.75) is 18.6 Å². The molecule has 0 fully saturated rings.